The average Bonchev–Trinajstić information content (AvgIpc) is 3.00. The largest absolute Gasteiger partial charge is 0.379 e. The monoisotopic (exact) mass is 211 g/mol. The molecule has 0 bridgehead atoms. The van der Waals surface area contributed by atoms with Crippen molar-refractivity contribution in [3.05, 3.63) is 0 Å². The third-order valence-corrected chi connectivity index (χ3v) is 3.41. The van der Waals surface area contributed by atoms with Crippen molar-refractivity contribution >= 4 is 0 Å². The maximum absolute atomic E-state index is 5.54. The van der Waals surface area contributed by atoms with Crippen LogP contribution >= 0.6 is 0 Å². The van der Waals surface area contributed by atoms with Crippen LogP contribution in [-0.2, 0) is 4.74 Å². The van der Waals surface area contributed by atoms with Crippen LogP contribution in [0.2, 0.25) is 0 Å². The molecule has 2 rings (SSSR count). The van der Waals surface area contributed by atoms with E-state index in [0.29, 0.717) is 6.10 Å². The van der Waals surface area contributed by atoms with Crippen LogP contribution in [0, 0.1) is 11.8 Å². The predicted octanol–water partition coefficient (Wildman–Crippen LogP) is 2.58. The molecular weight excluding hydrogens is 186 g/mol. The smallest absolute Gasteiger partial charge is 0.0518 e. The molecule has 2 nitrogen and oxygen atoms in total. The topological polar surface area (TPSA) is 21.3 Å². The van der Waals surface area contributed by atoms with Crippen molar-refractivity contribution in [3.63, 3.8) is 0 Å². The van der Waals surface area contributed by atoms with Gasteiger partial charge in [0.15, 0.2) is 0 Å². The van der Waals surface area contributed by atoms with Gasteiger partial charge >= 0.3 is 0 Å². The zero-order valence-electron chi connectivity index (χ0n) is 10.2. The molecule has 0 radical (unpaired) electrons. The Labute approximate surface area is 93.8 Å². The summed E-state index contributed by atoms with van der Waals surface area (Å²) in [4.78, 5) is 0. The van der Waals surface area contributed by atoms with E-state index in [1.807, 2.05) is 0 Å². The normalized spacial score (nSPS) is 21.6. The van der Waals surface area contributed by atoms with Gasteiger partial charge in [0.2, 0.25) is 0 Å². The van der Waals surface area contributed by atoms with Gasteiger partial charge in [0.1, 0.15) is 0 Å². The summed E-state index contributed by atoms with van der Waals surface area (Å²) in [6.07, 6.45) is 7.42. The molecule has 15 heavy (non-hydrogen) atoms. The summed E-state index contributed by atoms with van der Waals surface area (Å²) in [5.41, 5.74) is 0. The van der Waals surface area contributed by atoms with Crippen LogP contribution < -0.4 is 5.32 Å². The fourth-order valence-corrected chi connectivity index (χ4v) is 2.29. The van der Waals surface area contributed by atoms with Crippen LogP contribution in [0.15, 0.2) is 0 Å². The van der Waals surface area contributed by atoms with E-state index in [2.05, 4.69) is 19.2 Å². The second kappa shape index (κ2) is 5.31. The van der Waals surface area contributed by atoms with Crippen molar-refractivity contribution in [2.24, 2.45) is 11.8 Å². The summed E-state index contributed by atoms with van der Waals surface area (Å²) in [7, 11) is 0. The van der Waals surface area contributed by atoms with Gasteiger partial charge in [-0.15, -0.1) is 0 Å². The van der Waals surface area contributed by atoms with Crippen LogP contribution in [0.5, 0.6) is 0 Å². The Morgan fingerprint density at radius 3 is 2.20 bits per heavy atom. The van der Waals surface area contributed by atoms with E-state index in [1.54, 1.807) is 0 Å². The Balaban J connectivity index is 1.51. The molecule has 2 fully saturated rings. The Bertz CT molecular complexity index is 173. The zero-order valence-corrected chi connectivity index (χ0v) is 10.2. The lowest BCUT2D eigenvalue weighted by atomic mass is 10.1. The van der Waals surface area contributed by atoms with Gasteiger partial charge in [-0.3, -0.25) is 0 Å². The Hall–Kier alpha value is -0.0800. The van der Waals surface area contributed by atoms with Gasteiger partial charge in [0.05, 0.1) is 6.10 Å². The molecule has 0 aliphatic heterocycles. The molecular formula is C13H25NO. The molecule has 0 unspecified atom stereocenters. The Morgan fingerprint density at radius 2 is 1.73 bits per heavy atom. The molecule has 2 aliphatic carbocycles. The molecule has 2 aliphatic rings. The summed E-state index contributed by atoms with van der Waals surface area (Å²) < 4.78 is 5.54. The van der Waals surface area contributed by atoms with E-state index in [1.165, 1.54) is 25.7 Å². The summed E-state index contributed by atoms with van der Waals surface area (Å²) in [6.45, 7) is 6.26. The number of ether oxygens (including phenoxy) is 1. The highest BCUT2D eigenvalue weighted by molar-refractivity contribution is 4.96. The van der Waals surface area contributed by atoms with E-state index < -0.39 is 0 Å². The standard InChI is InChI=1S/C13H25NO/c1-10(2)15-9-3-8-14-13(11-4-5-11)12-6-7-12/h10-14H,3-9H2,1-2H3. The molecule has 0 saturated heterocycles. The van der Waals surface area contributed by atoms with E-state index in [0.717, 1.165) is 37.5 Å². The van der Waals surface area contributed by atoms with Gasteiger partial charge < -0.3 is 10.1 Å². The fraction of sp³-hybridized carbons (Fsp3) is 1.00. The second-order valence-corrected chi connectivity index (χ2v) is 5.43. The minimum absolute atomic E-state index is 0.382. The first-order valence-corrected chi connectivity index (χ1v) is 6.62. The van der Waals surface area contributed by atoms with Crippen molar-refractivity contribution in [1.29, 1.82) is 0 Å². The van der Waals surface area contributed by atoms with Crippen molar-refractivity contribution < 1.29 is 4.74 Å². The van der Waals surface area contributed by atoms with E-state index in [9.17, 15) is 0 Å². The van der Waals surface area contributed by atoms with Crippen LogP contribution in [0.4, 0.5) is 0 Å². The van der Waals surface area contributed by atoms with Crippen LogP contribution in [0.1, 0.15) is 46.0 Å². The van der Waals surface area contributed by atoms with Crippen molar-refractivity contribution in [2.45, 2.75) is 58.1 Å². The van der Waals surface area contributed by atoms with Crippen LogP contribution in [0.25, 0.3) is 0 Å². The highest BCUT2D eigenvalue weighted by Crippen LogP contribution is 2.44. The Morgan fingerprint density at radius 1 is 1.13 bits per heavy atom. The van der Waals surface area contributed by atoms with Gasteiger partial charge in [0, 0.05) is 12.6 Å². The molecule has 2 saturated carbocycles. The first-order valence-electron chi connectivity index (χ1n) is 6.62. The summed E-state index contributed by atoms with van der Waals surface area (Å²) in [5, 5.41) is 3.74. The quantitative estimate of drug-likeness (QED) is 0.623. The highest BCUT2D eigenvalue weighted by Gasteiger charge is 2.40. The number of hydrogen-bond donors (Lipinski definition) is 1. The lowest BCUT2D eigenvalue weighted by molar-refractivity contribution is 0.0764. The van der Waals surface area contributed by atoms with E-state index in [4.69, 9.17) is 4.74 Å². The maximum atomic E-state index is 5.54. The SMILES string of the molecule is CC(C)OCCCNC(C1CC1)C1CC1. The van der Waals surface area contributed by atoms with Gasteiger partial charge in [-0.25, -0.2) is 0 Å². The number of rotatable bonds is 8. The molecule has 0 aromatic carbocycles. The molecule has 0 spiro atoms. The Kier molecular flexibility index (Phi) is 4.04. The molecule has 0 heterocycles. The van der Waals surface area contributed by atoms with E-state index in [-0.39, 0.29) is 0 Å². The summed E-state index contributed by atoms with van der Waals surface area (Å²) in [6, 6.07) is 0.851. The third-order valence-electron chi connectivity index (χ3n) is 3.41. The molecule has 88 valence electrons. The lowest BCUT2D eigenvalue weighted by Gasteiger charge is -2.17. The number of nitrogens with one attached hydrogen (secondary N) is 1. The van der Waals surface area contributed by atoms with Crippen LogP contribution in [-0.4, -0.2) is 25.3 Å². The van der Waals surface area contributed by atoms with Gasteiger partial charge in [-0.2, -0.15) is 0 Å². The van der Waals surface area contributed by atoms with Crippen molar-refractivity contribution in [1.82, 2.24) is 5.32 Å². The molecule has 0 aromatic heterocycles. The molecule has 0 amide bonds. The first kappa shape index (κ1) is 11.4. The highest BCUT2D eigenvalue weighted by atomic mass is 16.5. The zero-order chi connectivity index (χ0) is 10.7. The summed E-state index contributed by atoms with van der Waals surface area (Å²) in [5.74, 6) is 2.03. The van der Waals surface area contributed by atoms with Crippen molar-refractivity contribution in [3.8, 4) is 0 Å². The summed E-state index contributed by atoms with van der Waals surface area (Å²) >= 11 is 0. The van der Waals surface area contributed by atoms with Gasteiger partial charge in [-0.05, 0) is 64.3 Å². The molecule has 0 aromatic rings. The second-order valence-electron chi connectivity index (χ2n) is 5.43. The number of hydrogen-bond acceptors (Lipinski definition) is 2. The van der Waals surface area contributed by atoms with Gasteiger partial charge in [0.25, 0.3) is 0 Å². The molecule has 2 heteroatoms. The minimum Gasteiger partial charge on any atom is -0.379 e. The molecule has 0 atom stereocenters. The minimum atomic E-state index is 0.382. The first-order chi connectivity index (χ1) is 7.27. The third kappa shape index (κ3) is 4.12. The van der Waals surface area contributed by atoms with E-state index >= 15 is 0 Å². The fourth-order valence-electron chi connectivity index (χ4n) is 2.29. The molecule has 1 N–H and O–H groups in total. The lowest BCUT2D eigenvalue weighted by Crippen LogP contribution is -2.34. The average molecular weight is 211 g/mol. The maximum Gasteiger partial charge on any atom is 0.0518 e. The van der Waals surface area contributed by atoms with Gasteiger partial charge in [-0.1, -0.05) is 0 Å². The van der Waals surface area contributed by atoms with Crippen molar-refractivity contribution in [2.75, 3.05) is 13.2 Å². The van der Waals surface area contributed by atoms with Crippen LogP contribution in [0.3, 0.4) is 0 Å². The predicted molar refractivity (Wildman–Crippen MR) is 62.9 cm³/mol.